The fourth-order valence-corrected chi connectivity index (χ4v) is 3.19. The summed E-state index contributed by atoms with van der Waals surface area (Å²) in [4.78, 5) is 16.7. The van der Waals surface area contributed by atoms with E-state index < -0.39 is 0 Å². The predicted molar refractivity (Wildman–Crippen MR) is 81.7 cm³/mol. The second kappa shape index (κ2) is 6.17. The quantitative estimate of drug-likeness (QED) is 0.741. The van der Waals surface area contributed by atoms with E-state index in [1.807, 2.05) is 27.5 Å². The first-order chi connectivity index (χ1) is 9.02. The second-order valence-corrected chi connectivity index (χ2v) is 6.02. The lowest BCUT2D eigenvalue weighted by Gasteiger charge is -2.39. The molecule has 104 valence electrons. The van der Waals surface area contributed by atoms with E-state index in [0.717, 1.165) is 26.2 Å². The highest BCUT2D eigenvalue weighted by Gasteiger charge is 2.27. The molecule has 0 spiro atoms. The molecule has 5 heteroatoms. The average molecular weight is 376 g/mol. The van der Waals surface area contributed by atoms with Crippen molar-refractivity contribution in [3.63, 3.8) is 0 Å². The molecule has 3 nitrogen and oxygen atoms in total. The van der Waals surface area contributed by atoms with Crippen molar-refractivity contribution in [3.05, 3.63) is 33.1 Å². The summed E-state index contributed by atoms with van der Waals surface area (Å²) in [7, 11) is 0. The number of piperazine rings is 1. The molecule has 19 heavy (non-hydrogen) atoms. The minimum absolute atomic E-state index is 0.00648. The Kier molecular flexibility index (Phi) is 4.78. The highest BCUT2D eigenvalue weighted by Crippen LogP contribution is 2.18. The molecular weight excluding hydrogens is 358 g/mol. The molecular formula is C14H18FIN2O. The number of hydrogen-bond donors (Lipinski definition) is 0. The van der Waals surface area contributed by atoms with Crippen molar-refractivity contribution < 1.29 is 9.18 Å². The molecule has 0 radical (unpaired) electrons. The number of amides is 1. The number of rotatable bonds is 2. The van der Waals surface area contributed by atoms with Crippen LogP contribution < -0.4 is 0 Å². The maximum atomic E-state index is 13.1. The van der Waals surface area contributed by atoms with Crippen molar-refractivity contribution in [3.8, 4) is 0 Å². The van der Waals surface area contributed by atoms with Crippen LogP contribution in [0.2, 0.25) is 0 Å². The summed E-state index contributed by atoms with van der Waals surface area (Å²) >= 11 is 2.02. The van der Waals surface area contributed by atoms with E-state index in [9.17, 15) is 9.18 Å². The second-order valence-electron chi connectivity index (χ2n) is 4.85. The summed E-state index contributed by atoms with van der Waals surface area (Å²) in [6.45, 7) is 7.67. The van der Waals surface area contributed by atoms with Gasteiger partial charge in [-0.2, -0.15) is 0 Å². The minimum atomic E-state index is -0.301. The third kappa shape index (κ3) is 3.25. The molecule has 1 heterocycles. The molecule has 0 aliphatic carbocycles. The maximum Gasteiger partial charge on any atom is 0.255 e. The van der Waals surface area contributed by atoms with E-state index in [2.05, 4.69) is 18.7 Å². The van der Waals surface area contributed by atoms with Gasteiger partial charge in [0.15, 0.2) is 0 Å². The van der Waals surface area contributed by atoms with Crippen molar-refractivity contribution in [1.29, 1.82) is 0 Å². The van der Waals surface area contributed by atoms with Gasteiger partial charge in [0.1, 0.15) is 5.82 Å². The summed E-state index contributed by atoms with van der Waals surface area (Å²) < 4.78 is 13.8. The van der Waals surface area contributed by atoms with Crippen molar-refractivity contribution in [2.75, 3.05) is 26.2 Å². The SMILES string of the molecule is CCN1CCN(C(=O)c2ccc(F)cc2I)CC1C. The van der Waals surface area contributed by atoms with E-state index in [0.29, 0.717) is 15.2 Å². The van der Waals surface area contributed by atoms with Crippen LogP contribution >= 0.6 is 22.6 Å². The Labute approximate surface area is 126 Å². The van der Waals surface area contributed by atoms with Gasteiger partial charge in [0.05, 0.1) is 5.56 Å². The average Bonchev–Trinajstić information content (AvgIpc) is 2.38. The number of nitrogens with zero attached hydrogens (tertiary/aromatic N) is 2. The number of halogens is 2. The Morgan fingerprint density at radius 3 is 2.79 bits per heavy atom. The fraction of sp³-hybridized carbons (Fsp3) is 0.500. The lowest BCUT2D eigenvalue weighted by molar-refractivity contribution is 0.0527. The lowest BCUT2D eigenvalue weighted by atomic mass is 10.1. The van der Waals surface area contributed by atoms with Gasteiger partial charge in [0.2, 0.25) is 0 Å². The third-order valence-electron chi connectivity index (χ3n) is 3.62. The van der Waals surface area contributed by atoms with Gasteiger partial charge in [-0.25, -0.2) is 4.39 Å². The smallest absolute Gasteiger partial charge is 0.255 e. The number of likely N-dealkylation sites (N-methyl/N-ethyl adjacent to an activating group) is 1. The highest BCUT2D eigenvalue weighted by molar-refractivity contribution is 14.1. The Bertz CT molecular complexity index is 481. The van der Waals surface area contributed by atoms with E-state index >= 15 is 0 Å². The first kappa shape index (κ1) is 14.7. The van der Waals surface area contributed by atoms with Crippen LogP contribution in [0.3, 0.4) is 0 Å². The van der Waals surface area contributed by atoms with Crippen LogP contribution in [-0.4, -0.2) is 47.9 Å². The van der Waals surface area contributed by atoms with Gasteiger partial charge in [-0.05, 0) is 54.3 Å². The normalized spacial score (nSPS) is 20.6. The molecule has 1 aromatic rings. The Morgan fingerprint density at radius 2 is 2.21 bits per heavy atom. The van der Waals surface area contributed by atoms with Crippen molar-refractivity contribution in [1.82, 2.24) is 9.80 Å². The zero-order chi connectivity index (χ0) is 14.0. The van der Waals surface area contributed by atoms with E-state index in [1.165, 1.54) is 12.1 Å². The summed E-state index contributed by atoms with van der Waals surface area (Å²) in [6, 6.07) is 4.71. The topological polar surface area (TPSA) is 23.6 Å². The molecule has 1 saturated heterocycles. The molecule has 1 aromatic carbocycles. The molecule has 0 bridgehead atoms. The summed E-state index contributed by atoms with van der Waals surface area (Å²) in [6.07, 6.45) is 0. The Hall–Kier alpha value is -0.690. The summed E-state index contributed by atoms with van der Waals surface area (Å²) in [5.41, 5.74) is 0.596. The number of carbonyl (C=O) groups excluding carboxylic acids is 1. The predicted octanol–water partition coefficient (Wildman–Crippen LogP) is 2.60. The van der Waals surface area contributed by atoms with Crippen molar-refractivity contribution in [2.24, 2.45) is 0 Å². The number of carbonyl (C=O) groups is 1. The Morgan fingerprint density at radius 1 is 1.47 bits per heavy atom. The van der Waals surface area contributed by atoms with Gasteiger partial charge < -0.3 is 4.90 Å². The van der Waals surface area contributed by atoms with E-state index in [1.54, 1.807) is 6.07 Å². The van der Waals surface area contributed by atoms with Crippen LogP contribution in [0.25, 0.3) is 0 Å². The van der Waals surface area contributed by atoms with Crippen LogP contribution in [0.4, 0.5) is 4.39 Å². The molecule has 1 unspecified atom stereocenters. The minimum Gasteiger partial charge on any atom is -0.336 e. The van der Waals surface area contributed by atoms with Gasteiger partial charge in [-0.3, -0.25) is 9.69 Å². The molecule has 1 aliphatic rings. The Balaban J connectivity index is 2.12. The van der Waals surface area contributed by atoms with Gasteiger partial charge >= 0.3 is 0 Å². The number of hydrogen-bond acceptors (Lipinski definition) is 2. The van der Waals surface area contributed by atoms with Crippen LogP contribution in [0.15, 0.2) is 18.2 Å². The molecule has 1 atom stereocenters. The first-order valence-electron chi connectivity index (χ1n) is 6.51. The molecule has 1 fully saturated rings. The van der Waals surface area contributed by atoms with E-state index in [-0.39, 0.29) is 11.7 Å². The zero-order valence-electron chi connectivity index (χ0n) is 11.2. The largest absolute Gasteiger partial charge is 0.336 e. The van der Waals surface area contributed by atoms with Crippen LogP contribution in [0.1, 0.15) is 24.2 Å². The molecule has 0 aromatic heterocycles. The molecule has 1 aliphatic heterocycles. The number of benzene rings is 1. The zero-order valence-corrected chi connectivity index (χ0v) is 13.4. The third-order valence-corrected chi connectivity index (χ3v) is 4.51. The molecule has 1 amide bonds. The molecule has 0 N–H and O–H groups in total. The van der Waals surface area contributed by atoms with Crippen LogP contribution in [0, 0.1) is 9.39 Å². The monoisotopic (exact) mass is 376 g/mol. The van der Waals surface area contributed by atoms with E-state index in [4.69, 9.17) is 0 Å². The molecule has 0 saturated carbocycles. The van der Waals surface area contributed by atoms with Gasteiger partial charge in [-0.1, -0.05) is 6.92 Å². The van der Waals surface area contributed by atoms with Crippen molar-refractivity contribution >= 4 is 28.5 Å². The van der Waals surface area contributed by atoms with Gasteiger partial charge in [0, 0.05) is 29.2 Å². The van der Waals surface area contributed by atoms with Crippen LogP contribution in [0.5, 0.6) is 0 Å². The maximum absolute atomic E-state index is 13.1. The first-order valence-corrected chi connectivity index (χ1v) is 7.59. The van der Waals surface area contributed by atoms with Crippen molar-refractivity contribution in [2.45, 2.75) is 19.9 Å². The fourth-order valence-electron chi connectivity index (χ4n) is 2.48. The van der Waals surface area contributed by atoms with Gasteiger partial charge in [0.25, 0.3) is 5.91 Å². The lowest BCUT2D eigenvalue weighted by Crippen LogP contribution is -2.53. The molecule has 2 rings (SSSR count). The summed E-state index contributed by atoms with van der Waals surface area (Å²) in [5, 5.41) is 0. The highest BCUT2D eigenvalue weighted by atomic mass is 127. The van der Waals surface area contributed by atoms with Crippen LogP contribution in [-0.2, 0) is 0 Å². The standard InChI is InChI=1S/C14H18FIN2O/c1-3-17-6-7-18(9-10(17)2)14(19)12-5-4-11(15)8-13(12)16/h4-5,8,10H,3,6-7,9H2,1-2H3. The summed E-state index contributed by atoms with van der Waals surface area (Å²) in [5.74, 6) is -0.294. The van der Waals surface area contributed by atoms with Gasteiger partial charge in [-0.15, -0.1) is 0 Å².